The second kappa shape index (κ2) is 5.26. The van der Waals surface area contributed by atoms with Crippen molar-refractivity contribution in [1.29, 1.82) is 0 Å². The van der Waals surface area contributed by atoms with Crippen molar-refractivity contribution in [3.63, 3.8) is 0 Å². The van der Waals surface area contributed by atoms with Crippen LogP contribution in [0.25, 0.3) is 0 Å². The standard InChI is InChI=1S/C11H12F3N3O3S/c1-3-20-8(18)7-5-21-9(15-7)17-10(19,11(12,13)14)4-6(2)16-17/h5,19H,3-4H2,1-2H3/t10-/m1/s1. The van der Waals surface area contributed by atoms with Crippen molar-refractivity contribution in [3.8, 4) is 0 Å². The molecule has 0 radical (unpaired) electrons. The molecule has 0 unspecified atom stereocenters. The van der Waals surface area contributed by atoms with Crippen LogP contribution >= 0.6 is 11.3 Å². The lowest BCUT2D eigenvalue weighted by Crippen LogP contribution is -2.55. The van der Waals surface area contributed by atoms with Crippen molar-refractivity contribution in [2.45, 2.75) is 32.2 Å². The molecule has 1 atom stereocenters. The van der Waals surface area contributed by atoms with Crippen molar-refractivity contribution in [2.75, 3.05) is 11.6 Å². The summed E-state index contributed by atoms with van der Waals surface area (Å²) < 4.78 is 43.9. The predicted molar refractivity (Wildman–Crippen MR) is 69.3 cm³/mol. The molecule has 10 heteroatoms. The van der Waals surface area contributed by atoms with Crippen LogP contribution < -0.4 is 5.01 Å². The first-order chi connectivity index (χ1) is 9.69. The van der Waals surface area contributed by atoms with E-state index in [0.29, 0.717) is 5.01 Å². The number of rotatable bonds is 3. The largest absolute Gasteiger partial charge is 0.461 e. The molecule has 2 heterocycles. The summed E-state index contributed by atoms with van der Waals surface area (Å²) in [5, 5.41) is 15.0. The number of hydrogen-bond acceptors (Lipinski definition) is 7. The van der Waals surface area contributed by atoms with Crippen LogP contribution in [0, 0.1) is 0 Å². The van der Waals surface area contributed by atoms with Gasteiger partial charge in [0.2, 0.25) is 5.13 Å². The fourth-order valence-corrected chi connectivity index (χ4v) is 2.61. The Morgan fingerprint density at radius 3 is 2.86 bits per heavy atom. The average molecular weight is 323 g/mol. The molecule has 0 bridgehead atoms. The van der Waals surface area contributed by atoms with Gasteiger partial charge in [-0.25, -0.2) is 9.78 Å². The molecule has 0 saturated heterocycles. The fraction of sp³-hybridized carbons (Fsp3) is 0.545. The highest BCUT2D eigenvalue weighted by Gasteiger charge is 2.62. The second-order valence-corrected chi connectivity index (χ2v) is 5.21. The number of thiazole rings is 1. The molecular weight excluding hydrogens is 311 g/mol. The molecule has 6 nitrogen and oxygen atoms in total. The maximum absolute atomic E-state index is 13.1. The lowest BCUT2D eigenvalue weighted by atomic mass is 10.1. The third kappa shape index (κ3) is 2.72. The minimum atomic E-state index is -4.91. The highest BCUT2D eigenvalue weighted by atomic mass is 32.1. The Hall–Kier alpha value is -1.68. The van der Waals surface area contributed by atoms with Gasteiger partial charge in [0.15, 0.2) is 5.69 Å². The third-order valence-electron chi connectivity index (χ3n) is 2.74. The Labute approximate surface area is 121 Å². The fourth-order valence-electron chi connectivity index (χ4n) is 1.80. The average Bonchev–Trinajstić information content (AvgIpc) is 2.93. The highest BCUT2D eigenvalue weighted by molar-refractivity contribution is 7.14. The summed E-state index contributed by atoms with van der Waals surface area (Å²) in [5.74, 6) is -0.740. The van der Waals surface area contributed by atoms with Crippen LogP contribution in [0.4, 0.5) is 18.3 Å². The van der Waals surface area contributed by atoms with Crippen LogP contribution in [-0.2, 0) is 4.74 Å². The van der Waals surface area contributed by atoms with Gasteiger partial charge in [0, 0.05) is 17.5 Å². The predicted octanol–water partition coefficient (Wildman–Crippen LogP) is 2.16. The molecule has 1 N–H and O–H groups in total. The molecule has 0 aromatic carbocycles. The number of halogens is 3. The first-order valence-electron chi connectivity index (χ1n) is 5.95. The second-order valence-electron chi connectivity index (χ2n) is 4.37. The Morgan fingerprint density at radius 2 is 2.29 bits per heavy atom. The lowest BCUT2D eigenvalue weighted by molar-refractivity contribution is -0.254. The number of aliphatic hydroxyl groups is 1. The van der Waals surface area contributed by atoms with Gasteiger partial charge in [0.05, 0.1) is 6.61 Å². The van der Waals surface area contributed by atoms with Crippen molar-refractivity contribution in [3.05, 3.63) is 11.1 Å². The van der Waals surface area contributed by atoms with Crippen molar-refractivity contribution in [2.24, 2.45) is 5.10 Å². The molecule has 0 fully saturated rings. The zero-order valence-electron chi connectivity index (χ0n) is 11.1. The maximum Gasteiger partial charge on any atom is 0.438 e. The van der Waals surface area contributed by atoms with Crippen LogP contribution in [-0.4, -0.2) is 40.3 Å². The molecule has 1 aromatic heterocycles. The summed E-state index contributed by atoms with van der Waals surface area (Å²) in [7, 11) is 0. The normalized spacial score (nSPS) is 22.4. The lowest BCUT2D eigenvalue weighted by Gasteiger charge is -2.32. The summed E-state index contributed by atoms with van der Waals surface area (Å²) in [6.07, 6.45) is -5.59. The molecule has 1 aliphatic heterocycles. The van der Waals surface area contributed by atoms with Crippen LogP contribution in [0.15, 0.2) is 10.5 Å². The summed E-state index contributed by atoms with van der Waals surface area (Å²) in [6, 6.07) is 0. The van der Waals surface area contributed by atoms with E-state index in [0.717, 1.165) is 11.3 Å². The van der Waals surface area contributed by atoms with E-state index in [1.54, 1.807) is 6.92 Å². The van der Waals surface area contributed by atoms with Crippen LogP contribution in [0.2, 0.25) is 0 Å². The van der Waals surface area contributed by atoms with Crippen LogP contribution in [0.3, 0.4) is 0 Å². The van der Waals surface area contributed by atoms with E-state index in [1.807, 2.05) is 0 Å². The van der Waals surface area contributed by atoms with Gasteiger partial charge in [-0.3, -0.25) is 0 Å². The molecule has 1 aromatic rings. The number of esters is 1. The number of ether oxygens (including phenoxy) is 1. The third-order valence-corrected chi connectivity index (χ3v) is 3.55. The Morgan fingerprint density at radius 1 is 1.62 bits per heavy atom. The van der Waals surface area contributed by atoms with Gasteiger partial charge in [0.1, 0.15) is 0 Å². The molecule has 116 valence electrons. The molecule has 2 rings (SSSR count). The number of aromatic nitrogens is 1. The number of carbonyl (C=O) groups excluding carboxylic acids is 1. The summed E-state index contributed by atoms with van der Waals surface area (Å²) in [6.45, 7) is 3.09. The molecule has 0 saturated carbocycles. The number of hydrogen-bond donors (Lipinski definition) is 1. The molecule has 0 spiro atoms. The highest BCUT2D eigenvalue weighted by Crippen LogP contribution is 2.43. The van der Waals surface area contributed by atoms with Gasteiger partial charge >= 0.3 is 12.1 Å². The SMILES string of the molecule is CCOC(=O)c1csc(N2N=C(C)C[C@@]2(O)C(F)(F)F)n1. The van der Waals surface area contributed by atoms with E-state index in [-0.39, 0.29) is 23.1 Å². The molecule has 1 aliphatic rings. The van der Waals surface area contributed by atoms with Crippen molar-refractivity contribution in [1.82, 2.24) is 4.98 Å². The molecular formula is C11H12F3N3O3S. The quantitative estimate of drug-likeness (QED) is 0.863. The number of hydrazone groups is 1. The monoisotopic (exact) mass is 323 g/mol. The van der Waals surface area contributed by atoms with Crippen molar-refractivity contribution < 1.29 is 27.8 Å². The zero-order valence-corrected chi connectivity index (χ0v) is 12.0. The van der Waals surface area contributed by atoms with E-state index in [1.165, 1.54) is 12.3 Å². The van der Waals surface area contributed by atoms with E-state index >= 15 is 0 Å². The maximum atomic E-state index is 13.1. The van der Waals surface area contributed by atoms with E-state index in [4.69, 9.17) is 4.74 Å². The topological polar surface area (TPSA) is 75.0 Å². The van der Waals surface area contributed by atoms with Gasteiger partial charge in [-0.05, 0) is 13.8 Å². The number of carbonyl (C=O) groups is 1. The smallest absolute Gasteiger partial charge is 0.438 e. The van der Waals surface area contributed by atoms with Gasteiger partial charge in [-0.15, -0.1) is 11.3 Å². The van der Waals surface area contributed by atoms with Gasteiger partial charge in [0.25, 0.3) is 5.72 Å². The summed E-state index contributed by atoms with van der Waals surface area (Å²) in [4.78, 5) is 15.2. The van der Waals surface area contributed by atoms with E-state index in [9.17, 15) is 23.1 Å². The van der Waals surface area contributed by atoms with Gasteiger partial charge in [-0.1, -0.05) is 0 Å². The number of alkyl halides is 3. The molecule has 21 heavy (non-hydrogen) atoms. The van der Waals surface area contributed by atoms with Crippen LogP contribution in [0.5, 0.6) is 0 Å². The van der Waals surface area contributed by atoms with Gasteiger partial charge < -0.3 is 9.84 Å². The Bertz CT molecular complexity index is 587. The minimum absolute atomic E-state index is 0.114. The zero-order chi connectivity index (χ0) is 15.8. The Kier molecular flexibility index (Phi) is 3.93. The molecule has 0 amide bonds. The van der Waals surface area contributed by atoms with Crippen molar-refractivity contribution >= 4 is 28.1 Å². The molecule has 0 aliphatic carbocycles. The minimum Gasteiger partial charge on any atom is -0.461 e. The summed E-state index contributed by atoms with van der Waals surface area (Å²) in [5.41, 5.74) is -3.16. The first-order valence-corrected chi connectivity index (χ1v) is 6.83. The first kappa shape index (κ1) is 15.7. The van der Waals surface area contributed by atoms with E-state index in [2.05, 4.69) is 10.1 Å². The van der Waals surface area contributed by atoms with Gasteiger partial charge in [-0.2, -0.15) is 23.3 Å². The summed E-state index contributed by atoms with van der Waals surface area (Å²) >= 11 is 0.768. The van der Waals surface area contributed by atoms with Crippen LogP contribution in [0.1, 0.15) is 30.8 Å². The Balaban J connectivity index is 2.34. The number of nitrogens with zero attached hydrogens (tertiary/aromatic N) is 3. The number of anilines is 1. The van der Waals surface area contributed by atoms with E-state index < -0.39 is 24.3 Å².